The van der Waals surface area contributed by atoms with Gasteiger partial charge in [-0.2, -0.15) is 0 Å². The molecule has 0 amide bonds. The van der Waals surface area contributed by atoms with Gasteiger partial charge in [0.25, 0.3) is 0 Å². The number of nitrogens with one attached hydrogen (secondary N) is 1. The Bertz CT molecular complexity index is 677. The van der Waals surface area contributed by atoms with Crippen molar-refractivity contribution in [3.8, 4) is 11.4 Å². The molecule has 0 saturated carbocycles. The molecule has 24 heavy (non-hydrogen) atoms. The molecule has 3 rings (SSSR count). The van der Waals surface area contributed by atoms with E-state index in [0.29, 0.717) is 18.3 Å². The van der Waals surface area contributed by atoms with E-state index in [-0.39, 0.29) is 0 Å². The maximum absolute atomic E-state index is 10.6. The summed E-state index contributed by atoms with van der Waals surface area (Å²) in [5, 5.41) is 0. The Morgan fingerprint density at radius 1 is 1.29 bits per heavy atom. The van der Waals surface area contributed by atoms with E-state index >= 15 is 0 Å². The highest BCUT2D eigenvalue weighted by Gasteiger charge is 2.20. The summed E-state index contributed by atoms with van der Waals surface area (Å²) < 4.78 is 21.9. The summed E-state index contributed by atoms with van der Waals surface area (Å²) >= 11 is -1.91. The van der Waals surface area contributed by atoms with Crippen LogP contribution in [0, 0.1) is 5.92 Å². The van der Waals surface area contributed by atoms with Crippen LogP contribution in [0.4, 0.5) is 5.82 Å². The van der Waals surface area contributed by atoms with Crippen LogP contribution in [-0.2, 0) is 11.3 Å². The van der Waals surface area contributed by atoms with Crippen LogP contribution in [0.25, 0.3) is 11.4 Å². The van der Waals surface area contributed by atoms with Gasteiger partial charge in [0.1, 0.15) is 5.82 Å². The Morgan fingerprint density at radius 2 is 2.12 bits per heavy atom. The lowest BCUT2D eigenvalue weighted by atomic mass is 9.94. The second-order valence-electron chi connectivity index (χ2n) is 5.84. The molecule has 2 N–H and O–H groups in total. The fourth-order valence-corrected chi connectivity index (χ4v) is 3.25. The van der Waals surface area contributed by atoms with E-state index in [1.165, 1.54) is 0 Å². The standard InChI is InChI=1S/C16H21N5O2S/c22-24(23)19-9-3-13-5-10-21(11-6-13)15-4-8-18-16(20-15)14-2-1-7-17-12-14/h1-2,4,7-8,12-13,19H,3,5-6,9-11H2,(H,22,23). The molecule has 8 heteroatoms. The maximum Gasteiger partial charge on any atom is 0.231 e. The Hall–Kier alpha value is -1.90. The smallest absolute Gasteiger partial charge is 0.231 e. The van der Waals surface area contributed by atoms with E-state index in [9.17, 15) is 4.21 Å². The van der Waals surface area contributed by atoms with E-state index in [0.717, 1.165) is 43.7 Å². The van der Waals surface area contributed by atoms with Gasteiger partial charge in [-0.05, 0) is 43.4 Å². The number of hydrogen-bond acceptors (Lipinski definition) is 5. The van der Waals surface area contributed by atoms with Gasteiger partial charge in [-0.3, -0.25) is 9.54 Å². The minimum absolute atomic E-state index is 0.576. The number of aromatic nitrogens is 3. The highest BCUT2D eigenvalue weighted by molar-refractivity contribution is 7.77. The quantitative estimate of drug-likeness (QED) is 0.775. The van der Waals surface area contributed by atoms with Crippen molar-refractivity contribution < 1.29 is 8.76 Å². The highest BCUT2D eigenvalue weighted by atomic mass is 32.2. The lowest BCUT2D eigenvalue weighted by Crippen LogP contribution is -2.35. The van der Waals surface area contributed by atoms with Crippen molar-refractivity contribution in [2.75, 3.05) is 24.5 Å². The van der Waals surface area contributed by atoms with Gasteiger partial charge in [0.2, 0.25) is 11.3 Å². The van der Waals surface area contributed by atoms with Crippen molar-refractivity contribution in [1.29, 1.82) is 0 Å². The lowest BCUT2D eigenvalue weighted by molar-refractivity contribution is 0.380. The molecular weight excluding hydrogens is 326 g/mol. The van der Waals surface area contributed by atoms with Crippen LogP contribution in [0.3, 0.4) is 0 Å². The molecule has 1 aliphatic heterocycles. The molecule has 2 aromatic heterocycles. The Kier molecular flexibility index (Phi) is 5.84. The monoisotopic (exact) mass is 347 g/mol. The third-order valence-electron chi connectivity index (χ3n) is 4.28. The Balaban J connectivity index is 1.58. The molecule has 0 aromatic carbocycles. The van der Waals surface area contributed by atoms with Gasteiger partial charge in [-0.1, -0.05) is 0 Å². The van der Waals surface area contributed by atoms with Crippen LogP contribution < -0.4 is 9.62 Å². The molecule has 0 spiro atoms. The number of hydrogen-bond donors (Lipinski definition) is 2. The first kappa shape index (κ1) is 16.9. The Morgan fingerprint density at radius 3 is 2.83 bits per heavy atom. The van der Waals surface area contributed by atoms with Gasteiger partial charge in [-0.25, -0.2) is 18.9 Å². The van der Waals surface area contributed by atoms with Gasteiger partial charge in [0, 0.05) is 43.8 Å². The zero-order valence-corrected chi connectivity index (χ0v) is 14.2. The van der Waals surface area contributed by atoms with Crippen molar-refractivity contribution in [3.05, 3.63) is 36.8 Å². The number of nitrogens with zero attached hydrogens (tertiary/aromatic N) is 4. The molecule has 128 valence electrons. The molecule has 1 atom stereocenters. The van der Waals surface area contributed by atoms with Crippen LogP contribution >= 0.6 is 0 Å². The van der Waals surface area contributed by atoms with Gasteiger partial charge >= 0.3 is 0 Å². The number of anilines is 1. The summed E-state index contributed by atoms with van der Waals surface area (Å²) in [6.07, 6.45) is 8.34. The zero-order chi connectivity index (χ0) is 16.8. The third-order valence-corrected chi connectivity index (χ3v) is 4.73. The molecule has 0 aliphatic carbocycles. The summed E-state index contributed by atoms with van der Waals surface area (Å²) in [5.41, 5.74) is 0.914. The first-order valence-corrected chi connectivity index (χ1v) is 9.16. The lowest BCUT2D eigenvalue weighted by Gasteiger charge is -2.32. The van der Waals surface area contributed by atoms with Gasteiger partial charge in [0.05, 0.1) is 0 Å². The van der Waals surface area contributed by atoms with Crippen LogP contribution in [0.1, 0.15) is 19.3 Å². The second kappa shape index (κ2) is 8.27. The summed E-state index contributed by atoms with van der Waals surface area (Å²) in [5.74, 6) is 2.21. The van der Waals surface area contributed by atoms with Crippen LogP contribution in [0.15, 0.2) is 36.8 Å². The average molecular weight is 347 g/mol. The molecule has 2 aromatic rings. The molecule has 1 fully saturated rings. The SMILES string of the molecule is O=S(O)NCCC1CCN(c2ccnc(-c3cccnc3)n2)CC1. The van der Waals surface area contributed by atoms with Crippen molar-refractivity contribution in [1.82, 2.24) is 19.7 Å². The van der Waals surface area contributed by atoms with Crippen molar-refractivity contribution in [2.45, 2.75) is 19.3 Å². The largest absolute Gasteiger partial charge is 0.356 e. The summed E-state index contributed by atoms with van der Waals surface area (Å²) in [6.45, 7) is 2.46. The zero-order valence-electron chi connectivity index (χ0n) is 13.3. The number of pyridine rings is 1. The van der Waals surface area contributed by atoms with Crippen LogP contribution in [-0.4, -0.2) is 43.3 Å². The van der Waals surface area contributed by atoms with Crippen LogP contribution in [0.2, 0.25) is 0 Å². The molecule has 1 unspecified atom stereocenters. The molecule has 1 saturated heterocycles. The normalized spacial score (nSPS) is 17.0. The minimum Gasteiger partial charge on any atom is -0.356 e. The predicted octanol–water partition coefficient (Wildman–Crippen LogP) is 1.87. The fourth-order valence-electron chi connectivity index (χ4n) is 2.96. The third kappa shape index (κ3) is 4.56. The molecule has 1 aliphatic rings. The maximum atomic E-state index is 10.6. The van der Waals surface area contributed by atoms with Crippen molar-refractivity contribution >= 4 is 17.1 Å². The van der Waals surface area contributed by atoms with Crippen molar-refractivity contribution in [2.24, 2.45) is 5.92 Å². The average Bonchev–Trinajstić information content (AvgIpc) is 2.63. The van der Waals surface area contributed by atoms with E-state index in [2.05, 4.69) is 24.6 Å². The molecule has 0 radical (unpaired) electrons. The number of piperidine rings is 1. The van der Waals surface area contributed by atoms with Gasteiger partial charge in [-0.15, -0.1) is 0 Å². The predicted molar refractivity (Wildman–Crippen MR) is 93.6 cm³/mol. The summed E-state index contributed by atoms with van der Waals surface area (Å²) in [7, 11) is 0. The Labute approximate surface area is 144 Å². The first-order valence-electron chi connectivity index (χ1n) is 8.05. The summed E-state index contributed by atoms with van der Waals surface area (Å²) in [4.78, 5) is 15.4. The van der Waals surface area contributed by atoms with E-state index < -0.39 is 11.3 Å². The molecule has 7 nitrogen and oxygen atoms in total. The second-order valence-corrected chi connectivity index (χ2v) is 6.63. The van der Waals surface area contributed by atoms with Crippen molar-refractivity contribution in [3.63, 3.8) is 0 Å². The molecular formula is C16H21N5O2S. The highest BCUT2D eigenvalue weighted by Crippen LogP contribution is 2.25. The minimum atomic E-state index is -1.91. The van der Waals surface area contributed by atoms with E-state index in [4.69, 9.17) is 4.55 Å². The molecule has 3 heterocycles. The van der Waals surface area contributed by atoms with E-state index in [1.54, 1.807) is 18.6 Å². The topological polar surface area (TPSA) is 91.2 Å². The molecule has 0 bridgehead atoms. The number of rotatable bonds is 6. The van der Waals surface area contributed by atoms with Gasteiger partial charge < -0.3 is 4.90 Å². The fraction of sp³-hybridized carbons (Fsp3) is 0.438. The van der Waals surface area contributed by atoms with E-state index in [1.807, 2.05) is 18.2 Å². The van der Waals surface area contributed by atoms with Gasteiger partial charge in [0.15, 0.2) is 5.82 Å². The summed E-state index contributed by atoms with van der Waals surface area (Å²) in [6, 6.07) is 5.78. The first-order chi connectivity index (χ1) is 11.7. The van der Waals surface area contributed by atoms with Crippen LogP contribution in [0.5, 0.6) is 0 Å².